The quantitative estimate of drug-likeness (QED) is 0.430. The van der Waals surface area contributed by atoms with E-state index in [1.807, 2.05) is 17.0 Å². The molecule has 30 heavy (non-hydrogen) atoms. The van der Waals surface area contributed by atoms with Gasteiger partial charge >= 0.3 is 0 Å². The van der Waals surface area contributed by atoms with Crippen LogP contribution in [-0.4, -0.2) is 31.9 Å². The van der Waals surface area contributed by atoms with Gasteiger partial charge in [-0.2, -0.15) is 0 Å². The molecule has 1 fully saturated rings. The fourth-order valence-electron chi connectivity index (χ4n) is 4.22. The first kappa shape index (κ1) is 21.0. The number of carbonyl (C=O) groups is 1. The van der Waals surface area contributed by atoms with E-state index in [4.69, 9.17) is 4.98 Å². The average molecular weight is 473 g/mol. The molecule has 158 valence electrons. The standard InChI is InChI=1S/C23H26BrFN4O/c1-2-3-13-28(23(30)16-10-11-19(25)18(24)14-16)15-21-27-20-9-6-12-26-22(20)29(21)17-7-4-5-8-17/h6,9-12,14,17H,2-5,7-8,13,15H2,1H3. The van der Waals surface area contributed by atoms with Gasteiger partial charge in [0.05, 0.1) is 11.0 Å². The van der Waals surface area contributed by atoms with E-state index in [-0.39, 0.29) is 11.7 Å². The summed E-state index contributed by atoms with van der Waals surface area (Å²) in [6.45, 7) is 3.15. The second-order valence-corrected chi connectivity index (χ2v) is 8.75. The smallest absolute Gasteiger partial charge is 0.254 e. The fourth-order valence-corrected chi connectivity index (χ4v) is 4.60. The van der Waals surface area contributed by atoms with E-state index in [1.165, 1.54) is 18.9 Å². The van der Waals surface area contributed by atoms with Gasteiger partial charge in [0.1, 0.15) is 17.2 Å². The van der Waals surface area contributed by atoms with E-state index in [9.17, 15) is 9.18 Å². The third-order valence-corrected chi connectivity index (χ3v) is 6.39. The number of pyridine rings is 1. The number of unbranched alkanes of at least 4 members (excludes halogenated alkanes) is 1. The summed E-state index contributed by atoms with van der Waals surface area (Å²) >= 11 is 3.19. The average Bonchev–Trinajstić information content (AvgIpc) is 3.39. The third kappa shape index (κ3) is 4.26. The van der Waals surface area contributed by atoms with Gasteiger partial charge in [-0.1, -0.05) is 26.2 Å². The first-order valence-corrected chi connectivity index (χ1v) is 11.4. The van der Waals surface area contributed by atoms with Crippen molar-refractivity contribution >= 4 is 33.0 Å². The first-order valence-electron chi connectivity index (χ1n) is 10.6. The van der Waals surface area contributed by atoms with Crippen molar-refractivity contribution in [3.63, 3.8) is 0 Å². The predicted octanol–water partition coefficient (Wildman–Crippen LogP) is 5.89. The lowest BCUT2D eigenvalue weighted by Crippen LogP contribution is -2.33. The monoisotopic (exact) mass is 472 g/mol. The van der Waals surface area contributed by atoms with Crippen LogP contribution in [0, 0.1) is 5.82 Å². The summed E-state index contributed by atoms with van der Waals surface area (Å²) in [7, 11) is 0. The summed E-state index contributed by atoms with van der Waals surface area (Å²) in [5.41, 5.74) is 2.24. The number of benzene rings is 1. The molecule has 0 bridgehead atoms. The molecule has 0 saturated heterocycles. The van der Waals surface area contributed by atoms with Crippen LogP contribution in [0.15, 0.2) is 41.0 Å². The molecule has 0 spiro atoms. The summed E-state index contributed by atoms with van der Waals surface area (Å²) in [5.74, 6) is 0.393. The molecule has 1 aromatic carbocycles. The first-order chi connectivity index (χ1) is 14.6. The summed E-state index contributed by atoms with van der Waals surface area (Å²) in [5, 5.41) is 0. The minimum absolute atomic E-state index is 0.109. The minimum Gasteiger partial charge on any atom is -0.331 e. The highest BCUT2D eigenvalue weighted by Crippen LogP contribution is 2.33. The van der Waals surface area contributed by atoms with Crippen LogP contribution in [-0.2, 0) is 6.54 Å². The third-order valence-electron chi connectivity index (χ3n) is 5.78. The fraction of sp³-hybridized carbons (Fsp3) is 0.435. The van der Waals surface area contributed by atoms with Crippen LogP contribution in [0.5, 0.6) is 0 Å². The van der Waals surface area contributed by atoms with Gasteiger partial charge in [0.15, 0.2) is 5.65 Å². The van der Waals surface area contributed by atoms with Gasteiger partial charge in [0.2, 0.25) is 0 Å². The normalized spacial score (nSPS) is 14.5. The van der Waals surface area contributed by atoms with E-state index < -0.39 is 0 Å². The Morgan fingerprint density at radius 3 is 2.83 bits per heavy atom. The highest BCUT2D eigenvalue weighted by Gasteiger charge is 2.26. The van der Waals surface area contributed by atoms with Crippen molar-refractivity contribution in [2.75, 3.05) is 6.54 Å². The number of fused-ring (bicyclic) bond motifs is 1. The topological polar surface area (TPSA) is 51.0 Å². The number of imidazole rings is 1. The van der Waals surface area contributed by atoms with Crippen LogP contribution >= 0.6 is 15.9 Å². The largest absolute Gasteiger partial charge is 0.331 e. The molecule has 1 aliphatic rings. The van der Waals surface area contributed by atoms with Crippen LogP contribution in [0.4, 0.5) is 4.39 Å². The van der Waals surface area contributed by atoms with Crippen LogP contribution in [0.3, 0.4) is 0 Å². The molecule has 5 nitrogen and oxygen atoms in total. The Labute approximate surface area is 184 Å². The van der Waals surface area contributed by atoms with Gasteiger partial charge in [0.25, 0.3) is 5.91 Å². The lowest BCUT2D eigenvalue weighted by Gasteiger charge is -2.24. The molecule has 0 atom stereocenters. The lowest BCUT2D eigenvalue weighted by atomic mass is 10.1. The molecule has 2 heterocycles. The molecule has 0 radical (unpaired) electrons. The van der Waals surface area contributed by atoms with Crippen molar-refractivity contribution in [3.05, 3.63) is 58.2 Å². The number of halogens is 2. The molecular formula is C23H26BrFN4O. The second kappa shape index (κ2) is 9.25. The van der Waals surface area contributed by atoms with Gasteiger partial charge in [-0.05, 0) is 65.5 Å². The van der Waals surface area contributed by atoms with Gasteiger partial charge in [0, 0.05) is 24.3 Å². The van der Waals surface area contributed by atoms with E-state index >= 15 is 0 Å². The van der Waals surface area contributed by atoms with Crippen LogP contribution in [0.2, 0.25) is 0 Å². The maximum absolute atomic E-state index is 13.7. The number of rotatable bonds is 7. The van der Waals surface area contributed by atoms with Crippen molar-refractivity contribution in [1.29, 1.82) is 0 Å². The summed E-state index contributed by atoms with van der Waals surface area (Å²) in [4.78, 5) is 24.6. The number of hydrogen-bond donors (Lipinski definition) is 0. The van der Waals surface area contributed by atoms with Crippen molar-refractivity contribution < 1.29 is 9.18 Å². The number of aromatic nitrogens is 3. The van der Waals surface area contributed by atoms with Gasteiger partial charge in [-0.15, -0.1) is 0 Å². The minimum atomic E-state index is -0.374. The van der Waals surface area contributed by atoms with Crippen molar-refractivity contribution in [1.82, 2.24) is 19.4 Å². The van der Waals surface area contributed by atoms with E-state index in [0.29, 0.717) is 29.2 Å². The number of hydrogen-bond acceptors (Lipinski definition) is 3. The van der Waals surface area contributed by atoms with Gasteiger partial charge < -0.3 is 9.47 Å². The molecule has 1 amide bonds. The van der Waals surface area contributed by atoms with Crippen molar-refractivity contribution in [2.45, 2.75) is 58.0 Å². The maximum Gasteiger partial charge on any atom is 0.254 e. The molecule has 7 heteroatoms. The molecule has 1 aliphatic carbocycles. The Bertz CT molecular complexity index is 1040. The molecule has 2 aromatic heterocycles. The van der Waals surface area contributed by atoms with E-state index in [1.54, 1.807) is 18.3 Å². The summed E-state index contributed by atoms with van der Waals surface area (Å²) in [6.07, 6.45) is 8.33. The van der Waals surface area contributed by atoms with Crippen molar-refractivity contribution in [2.24, 2.45) is 0 Å². The molecule has 4 rings (SSSR count). The Hall–Kier alpha value is -2.28. The molecule has 3 aromatic rings. The highest BCUT2D eigenvalue weighted by molar-refractivity contribution is 9.10. The zero-order valence-electron chi connectivity index (χ0n) is 17.2. The molecule has 0 aliphatic heterocycles. The van der Waals surface area contributed by atoms with Crippen LogP contribution in [0.25, 0.3) is 11.2 Å². The molecule has 0 unspecified atom stereocenters. The van der Waals surface area contributed by atoms with E-state index in [0.717, 1.165) is 42.7 Å². The Balaban J connectivity index is 1.69. The summed E-state index contributed by atoms with van der Waals surface area (Å²) < 4.78 is 16.2. The highest BCUT2D eigenvalue weighted by atomic mass is 79.9. The Kier molecular flexibility index (Phi) is 6.46. The van der Waals surface area contributed by atoms with Gasteiger partial charge in [-0.25, -0.2) is 14.4 Å². The summed E-state index contributed by atoms with van der Waals surface area (Å²) in [6, 6.07) is 8.68. The second-order valence-electron chi connectivity index (χ2n) is 7.89. The zero-order chi connectivity index (χ0) is 21.1. The van der Waals surface area contributed by atoms with E-state index in [2.05, 4.69) is 32.4 Å². The Morgan fingerprint density at radius 1 is 1.30 bits per heavy atom. The molecular weight excluding hydrogens is 447 g/mol. The SMILES string of the molecule is CCCCN(Cc1nc2cccnc2n1C1CCCC1)C(=O)c1ccc(F)c(Br)c1. The van der Waals surface area contributed by atoms with Crippen LogP contribution < -0.4 is 0 Å². The van der Waals surface area contributed by atoms with Crippen molar-refractivity contribution in [3.8, 4) is 0 Å². The molecule has 0 N–H and O–H groups in total. The Morgan fingerprint density at radius 2 is 2.10 bits per heavy atom. The lowest BCUT2D eigenvalue weighted by molar-refractivity contribution is 0.0733. The predicted molar refractivity (Wildman–Crippen MR) is 119 cm³/mol. The maximum atomic E-state index is 13.7. The zero-order valence-corrected chi connectivity index (χ0v) is 18.7. The van der Waals surface area contributed by atoms with Gasteiger partial charge in [-0.3, -0.25) is 4.79 Å². The van der Waals surface area contributed by atoms with Crippen LogP contribution in [0.1, 0.15) is 67.7 Å². The number of carbonyl (C=O) groups excluding carboxylic acids is 1. The number of amides is 1. The molecule has 1 saturated carbocycles. The number of nitrogens with zero attached hydrogens (tertiary/aromatic N) is 4.